The number of aryl methyl sites for hydroxylation is 1. The van der Waals surface area contributed by atoms with Crippen LogP contribution >= 0.6 is 0 Å². The van der Waals surface area contributed by atoms with Gasteiger partial charge < -0.3 is 9.47 Å². The number of aromatic nitrogens is 2. The zero-order valence-electron chi connectivity index (χ0n) is 18.9. The lowest BCUT2D eigenvalue weighted by Gasteiger charge is -2.20. The number of rotatable bonds is 7. The first-order chi connectivity index (χ1) is 15.9. The summed E-state index contributed by atoms with van der Waals surface area (Å²) in [6, 6.07) is 11.7. The molecule has 1 aliphatic rings. The zero-order valence-corrected chi connectivity index (χ0v) is 19.7. The third-order valence-corrected chi connectivity index (χ3v) is 7.23. The highest BCUT2D eigenvalue weighted by atomic mass is 32.2. The lowest BCUT2D eigenvalue weighted by Crippen LogP contribution is -2.30. The fraction of sp³-hybridized carbons (Fsp3) is 0.333. The van der Waals surface area contributed by atoms with E-state index in [9.17, 15) is 13.2 Å². The first-order valence-corrected chi connectivity index (χ1v) is 12.3. The average molecular weight is 470 g/mol. The molecule has 0 amide bonds. The molecule has 0 radical (unpaired) electrons. The summed E-state index contributed by atoms with van der Waals surface area (Å²) in [5.74, 6) is 0.612. The van der Waals surface area contributed by atoms with Crippen molar-refractivity contribution in [3.8, 4) is 22.8 Å². The van der Waals surface area contributed by atoms with E-state index in [2.05, 4.69) is 9.82 Å². The van der Waals surface area contributed by atoms with E-state index in [1.54, 1.807) is 42.5 Å². The zero-order chi connectivity index (χ0) is 23.6. The van der Waals surface area contributed by atoms with Crippen molar-refractivity contribution in [1.82, 2.24) is 9.78 Å². The van der Waals surface area contributed by atoms with E-state index in [0.717, 1.165) is 30.4 Å². The van der Waals surface area contributed by atoms with Crippen LogP contribution in [0, 0.1) is 0 Å². The van der Waals surface area contributed by atoms with Crippen molar-refractivity contribution in [3.05, 3.63) is 63.9 Å². The summed E-state index contributed by atoms with van der Waals surface area (Å²) in [5.41, 5.74) is 3.21. The second kappa shape index (κ2) is 9.27. The Morgan fingerprint density at radius 1 is 1.00 bits per heavy atom. The molecule has 8 nitrogen and oxygen atoms in total. The van der Waals surface area contributed by atoms with E-state index < -0.39 is 10.0 Å². The molecule has 0 bridgehead atoms. The normalized spacial score (nSPS) is 13.3. The number of methoxy groups -OCH3 is 2. The second-order valence-corrected chi connectivity index (χ2v) is 9.46. The number of anilines is 1. The van der Waals surface area contributed by atoms with E-state index in [4.69, 9.17) is 9.47 Å². The first kappa shape index (κ1) is 22.8. The maximum Gasteiger partial charge on any atom is 0.270 e. The Balaban J connectivity index is 1.86. The minimum Gasteiger partial charge on any atom is -0.495 e. The van der Waals surface area contributed by atoms with Crippen LogP contribution in [0.5, 0.6) is 11.5 Å². The van der Waals surface area contributed by atoms with Gasteiger partial charge in [-0.15, -0.1) is 0 Å². The largest absolute Gasteiger partial charge is 0.495 e. The number of hydrogen-bond acceptors (Lipinski definition) is 6. The molecule has 0 aliphatic heterocycles. The van der Waals surface area contributed by atoms with Crippen molar-refractivity contribution in [3.63, 3.8) is 0 Å². The maximum atomic E-state index is 13.4. The molecule has 0 unspecified atom stereocenters. The Labute approximate surface area is 193 Å². The predicted molar refractivity (Wildman–Crippen MR) is 127 cm³/mol. The summed E-state index contributed by atoms with van der Waals surface area (Å²) in [5, 5.41) is 4.59. The molecule has 1 aromatic heterocycles. The van der Waals surface area contributed by atoms with Crippen LogP contribution in [0.15, 0.2) is 52.2 Å². The Kier molecular flexibility index (Phi) is 6.42. The van der Waals surface area contributed by atoms with Crippen molar-refractivity contribution < 1.29 is 17.9 Å². The SMILES string of the molecule is CCn1nc(-c2ccc(OC)c(S(=O)(=O)Nc3ccccc3OC)c2)c2c(c1=O)CCCC2. The van der Waals surface area contributed by atoms with Crippen molar-refractivity contribution in [2.24, 2.45) is 0 Å². The standard InChI is InChI=1S/C24H27N3O5S/c1-4-27-24(28)18-10-6-5-9-17(18)23(25-27)16-13-14-21(32-3)22(15-16)33(29,30)26-19-11-7-8-12-20(19)31-2/h7-8,11-15,26H,4-6,9-10H2,1-3H3. The van der Waals surface area contributed by atoms with Gasteiger partial charge in [-0.1, -0.05) is 12.1 Å². The van der Waals surface area contributed by atoms with Crippen LogP contribution in [0.2, 0.25) is 0 Å². The molecule has 4 rings (SSSR count). The van der Waals surface area contributed by atoms with Crippen LogP contribution in [0.25, 0.3) is 11.3 Å². The van der Waals surface area contributed by atoms with Gasteiger partial charge in [0.2, 0.25) is 0 Å². The van der Waals surface area contributed by atoms with E-state index in [1.165, 1.54) is 18.9 Å². The summed E-state index contributed by atoms with van der Waals surface area (Å²) >= 11 is 0. The van der Waals surface area contributed by atoms with Crippen LogP contribution in [0.1, 0.15) is 30.9 Å². The third kappa shape index (κ3) is 4.32. The van der Waals surface area contributed by atoms with Gasteiger partial charge in [0.25, 0.3) is 15.6 Å². The molecule has 3 aromatic rings. The first-order valence-electron chi connectivity index (χ1n) is 10.9. The molecule has 0 spiro atoms. The number of sulfonamides is 1. The van der Waals surface area contributed by atoms with Gasteiger partial charge in [-0.3, -0.25) is 9.52 Å². The third-order valence-electron chi connectivity index (χ3n) is 5.84. The fourth-order valence-corrected chi connectivity index (χ4v) is 5.46. The summed E-state index contributed by atoms with van der Waals surface area (Å²) in [6.07, 6.45) is 3.37. The molecule has 0 fully saturated rings. The maximum absolute atomic E-state index is 13.4. The molecule has 174 valence electrons. The summed E-state index contributed by atoms with van der Waals surface area (Å²) < 4.78 is 41.4. The van der Waals surface area contributed by atoms with Gasteiger partial charge >= 0.3 is 0 Å². The molecular formula is C24H27N3O5S. The van der Waals surface area contributed by atoms with E-state index >= 15 is 0 Å². The number of fused-ring (bicyclic) bond motifs is 1. The Bertz CT molecular complexity index is 1350. The van der Waals surface area contributed by atoms with Gasteiger partial charge in [-0.25, -0.2) is 13.1 Å². The van der Waals surface area contributed by atoms with E-state index in [-0.39, 0.29) is 16.2 Å². The molecule has 9 heteroatoms. The van der Waals surface area contributed by atoms with Crippen molar-refractivity contribution in [2.45, 2.75) is 44.0 Å². The molecular weight excluding hydrogens is 442 g/mol. The van der Waals surface area contributed by atoms with Crippen molar-refractivity contribution >= 4 is 15.7 Å². The minimum absolute atomic E-state index is 0.0194. The summed E-state index contributed by atoms with van der Waals surface area (Å²) in [6.45, 7) is 2.31. The van der Waals surface area contributed by atoms with Gasteiger partial charge in [0.05, 0.1) is 25.6 Å². The molecule has 1 aliphatic carbocycles. The highest BCUT2D eigenvalue weighted by molar-refractivity contribution is 7.92. The number of para-hydroxylation sites is 2. The molecule has 1 N–H and O–H groups in total. The average Bonchev–Trinajstić information content (AvgIpc) is 2.84. The topological polar surface area (TPSA) is 99.5 Å². The van der Waals surface area contributed by atoms with Crippen LogP contribution in [0.4, 0.5) is 5.69 Å². The van der Waals surface area contributed by atoms with Gasteiger partial charge in [0.1, 0.15) is 16.4 Å². The minimum atomic E-state index is -4.02. The molecule has 1 heterocycles. The molecule has 33 heavy (non-hydrogen) atoms. The molecule has 2 aromatic carbocycles. The number of hydrogen-bond donors (Lipinski definition) is 1. The smallest absolute Gasteiger partial charge is 0.270 e. The fourth-order valence-electron chi connectivity index (χ4n) is 4.19. The number of nitrogens with zero attached hydrogens (tertiary/aromatic N) is 2. The molecule has 0 saturated carbocycles. The van der Waals surface area contributed by atoms with Crippen LogP contribution < -0.4 is 19.8 Å². The van der Waals surface area contributed by atoms with Gasteiger partial charge in [-0.05, 0) is 68.5 Å². The van der Waals surface area contributed by atoms with Crippen LogP contribution in [-0.4, -0.2) is 32.4 Å². The lowest BCUT2D eigenvalue weighted by atomic mass is 9.90. The number of benzene rings is 2. The summed E-state index contributed by atoms with van der Waals surface area (Å²) in [7, 11) is -1.11. The van der Waals surface area contributed by atoms with Gasteiger partial charge in [0.15, 0.2) is 0 Å². The van der Waals surface area contributed by atoms with Crippen LogP contribution in [0.3, 0.4) is 0 Å². The highest BCUT2D eigenvalue weighted by Crippen LogP contribution is 2.35. The molecule has 0 atom stereocenters. The quantitative estimate of drug-likeness (QED) is 0.567. The van der Waals surface area contributed by atoms with E-state index in [0.29, 0.717) is 35.7 Å². The van der Waals surface area contributed by atoms with Crippen LogP contribution in [-0.2, 0) is 29.4 Å². The summed E-state index contributed by atoms with van der Waals surface area (Å²) in [4.78, 5) is 12.8. The Hall–Kier alpha value is -3.33. The Morgan fingerprint density at radius 2 is 1.70 bits per heavy atom. The predicted octanol–water partition coefficient (Wildman–Crippen LogP) is 3.63. The Morgan fingerprint density at radius 3 is 2.39 bits per heavy atom. The van der Waals surface area contributed by atoms with E-state index in [1.807, 2.05) is 6.92 Å². The number of nitrogens with one attached hydrogen (secondary N) is 1. The highest BCUT2D eigenvalue weighted by Gasteiger charge is 2.25. The van der Waals surface area contributed by atoms with Crippen molar-refractivity contribution in [2.75, 3.05) is 18.9 Å². The van der Waals surface area contributed by atoms with Gasteiger partial charge in [0, 0.05) is 17.7 Å². The van der Waals surface area contributed by atoms with Gasteiger partial charge in [-0.2, -0.15) is 5.10 Å². The number of ether oxygens (including phenoxy) is 2. The van der Waals surface area contributed by atoms with Crippen molar-refractivity contribution in [1.29, 1.82) is 0 Å². The monoisotopic (exact) mass is 469 g/mol. The molecule has 0 saturated heterocycles. The second-order valence-electron chi connectivity index (χ2n) is 7.81. The lowest BCUT2D eigenvalue weighted by molar-refractivity contribution is 0.403.